The first-order chi connectivity index (χ1) is 5.47. The van der Waals surface area contributed by atoms with Gasteiger partial charge in [-0.05, 0) is 20.8 Å². The summed E-state index contributed by atoms with van der Waals surface area (Å²) >= 11 is 0. The van der Waals surface area contributed by atoms with Gasteiger partial charge in [-0.15, -0.1) is 0 Å². The van der Waals surface area contributed by atoms with Crippen LogP contribution in [0.3, 0.4) is 0 Å². The molecule has 4 heteroatoms. The second-order valence-corrected chi connectivity index (χ2v) is 2.84. The van der Waals surface area contributed by atoms with E-state index >= 15 is 0 Å². The van der Waals surface area contributed by atoms with Gasteiger partial charge in [0.1, 0.15) is 11.8 Å². The minimum atomic E-state index is -1.63. The van der Waals surface area contributed by atoms with Crippen molar-refractivity contribution < 1.29 is 9.52 Å². The number of oxazole rings is 1. The summed E-state index contributed by atoms with van der Waals surface area (Å²) in [4.78, 5) is 3.91. The maximum Gasteiger partial charge on any atom is 0.241 e. The molecule has 0 saturated carbocycles. The van der Waals surface area contributed by atoms with Crippen molar-refractivity contribution >= 4 is 0 Å². The molecule has 4 nitrogen and oxygen atoms in total. The van der Waals surface area contributed by atoms with Crippen LogP contribution in [-0.4, -0.2) is 10.1 Å². The fourth-order valence-electron chi connectivity index (χ4n) is 0.729. The number of aliphatic hydroxyl groups is 1. The summed E-state index contributed by atoms with van der Waals surface area (Å²) < 4.78 is 5.09. The molecule has 1 aromatic rings. The first-order valence-electron chi connectivity index (χ1n) is 3.55. The molecule has 1 aromatic heterocycles. The molecule has 0 aromatic carbocycles. The van der Waals surface area contributed by atoms with Gasteiger partial charge in [0.05, 0.1) is 5.69 Å². The van der Waals surface area contributed by atoms with Gasteiger partial charge in [-0.1, -0.05) is 0 Å². The van der Waals surface area contributed by atoms with E-state index in [2.05, 4.69) is 4.98 Å². The Kier molecular flexibility index (Phi) is 1.90. The summed E-state index contributed by atoms with van der Waals surface area (Å²) in [5.74, 6) is 0.681. The van der Waals surface area contributed by atoms with Gasteiger partial charge in [0.15, 0.2) is 0 Å². The second-order valence-electron chi connectivity index (χ2n) is 2.84. The second kappa shape index (κ2) is 2.61. The molecule has 0 aliphatic heterocycles. The van der Waals surface area contributed by atoms with Crippen molar-refractivity contribution in [1.29, 1.82) is 5.26 Å². The molecular formula is C8H10N2O2. The molecule has 0 saturated heterocycles. The molecule has 0 bridgehead atoms. The SMILES string of the molecule is Cc1nc(C(C)(O)C#N)oc1C. The van der Waals surface area contributed by atoms with Crippen molar-refractivity contribution in [3.8, 4) is 6.07 Å². The number of nitrogens with zero attached hydrogens (tertiary/aromatic N) is 2. The number of aromatic nitrogens is 1. The molecule has 12 heavy (non-hydrogen) atoms. The number of hydrogen-bond donors (Lipinski definition) is 1. The van der Waals surface area contributed by atoms with Crippen molar-refractivity contribution in [2.75, 3.05) is 0 Å². The van der Waals surface area contributed by atoms with Crippen LogP contribution < -0.4 is 0 Å². The van der Waals surface area contributed by atoms with Gasteiger partial charge in [-0.2, -0.15) is 5.26 Å². The highest BCUT2D eigenvalue weighted by molar-refractivity contribution is 5.15. The molecule has 1 unspecified atom stereocenters. The molecule has 1 atom stereocenters. The number of rotatable bonds is 1. The molecular weight excluding hydrogens is 156 g/mol. The van der Waals surface area contributed by atoms with Crippen LogP contribution in [0, 0.1) is 25.2 Å². The summed E-state index contributed by atoms with van der Waals surface area (Å²) in [5, 5.41) is 18.0. The quantitative estimate of drug-likeness (QED) is 0.632. The van der Waals surface area contributed by atoms with Crippen LogP contribution in [0.15, 0.2) is 4.42 Å². The van der Waals surface area contributed by atoms with Crippen molar-refractivity contribution in [3.05, 3.63) is 17.3 Å². The summed E-state index contributed by atoms with van der Waals surface area (Å²) in [6, 6.07) is 1.70. The molecule has 1 heterocycles. The normalized spacial score (nSPS) is 15.2. The molecule has 0 aliphatic carbocycles. The highest BCUT2D eigenvalue weighted by Crippen LogP contribution is 2.20. The van der Waals surface area contributed by atoms with Gasteiger partial charge >= 0.3 is 0 Å². The Morgan fingerprint density at radius 3 is 2.50 bits per heavy atom. The molecule has 1 rings (SSSR count). The molecule has 0 amide bonds. The molecule has 0 aliphatic rings. The van der Waals surface area contributed by atoms with E-state index in [4.69, 9.17) is 9.68 Å². The molecule has 0 spiro atoms. The first-order valence-corrected chi connectivity index (χ1v) is 3.55. The molecule has 1 N–H and O–H groups in total. The number of hydrogen-bond acceptors (Lipinski definition) is 4. The highest BCUT2D eigenvalue weighted by atomic mass is 16.4. The van der Waals surface area contributed by atoms with Gasteiger partial charge in [0, 0.05) is 0 Å². The van der Waals surface area contributed by atoms with E-state index in [1.165, 1.54) is 6.92 Å². The van der Waals surface area contributed by atoms with E-state index in [0.717, 1.165) is 0 Å². The lowest BCUT2D eigenvalue weighted by Crippen LogP contribution is -2.18. The monoisotopic (exact) mass is 166 g/mol. The third kappa shape index (κ3) is 1.31. The van der Waals surface area contributed by atoms with E-state index in [9.17, 15) is 5.11 Å². The Balaban J connectivity index is 3.14. The Morgan fingerprint density at radius 1 is 1.58 bits per heavy atom. The van der Waals surface area contributed by atoms with Crippen LogP contribution in [0.5, 0.6) is 0 Å². The predicted octanol–water partition coefficient (Wildman–Crippen LogP) is 1.02. The standard InChI is InChI=1S/C8H10N2O2/c1-5-6(2)12-7(10-5)8(3,11)4-9/h11H,1-3H3. The summed E-state index contributed by atoms with van der Waals surface area (Å²) in [6.07, 6.45) is 0. The first kappa shape index (κ1) is 8.75. The van der Waals surface area contributed by atoms with Gasteiger partial charge in [0.25, 0.3) is 0 Å². The zero-order chi connectivity index (χ0) is 9.35. The third-order valence-corrected chi connectivity index (χ3v) is 1.66. The summed E-state index contributed by atoms with van der Waals surface area (Å²) in [6.45, 7) is 4.84. The van der Waals surface area contributed by atoms with E-state index in [-0.39, 0.29) is 5.89 Å². The minimum absolute atomic E-state index is 0.0556. The number of aryl methyl sites for hydroxylation is 2. The zero-order valence-electron chi connectivity index (χ0n) is 7.25. The predicted molar refractivity (Wildman–Crippen MR) is 41.2 cm³/mol. The lowest BCUT2D eigenvalue weighted by Gasteiger charge is -2.07. The summed E-state index contributed by atoms with van der Waals surface area (Å²) in [5.41, 5.74) is -0.931. The van der Waals surface area contributed by atoms with Crippen LogP contribution in [0.2, 0.25) is 0 Å². The van der Waals surface area contributed by atoms with E-state index < -0.39 is 5.60 Å². The average Bonchev–Trinajstić information content (AvgIpc) is 2.33. The maximum atomic E-state index is 9.41. The average molecular weight is 166 g/mol. The van der Waals surface area contributed by atoms with Crippen molar-refractivity contribution in [2.45, 2.75) is 26.4 Å². The fraction of sp³-hybridized carbons (Fsp3) is 0.500. The Morgan fingerprint density at radius 2 is 2.17 bits per heavy atom. The topological polar surface area (TPSA) is 70.1 Å². The van der Waals surface area contributed by atoms with Crippen LogP contribution in [0.4, 0.5) is 0 Å². The van der Waals surface area contributed by atoms with Crippen molar-refractivity contribution in [1.82, 2.24) is 4.98 Å². The molecule has 64 valence electrons. The third-order valence-electron chi connectivity index (χ3n) is 1.66. The van der Waals surface area contributed by atoms with E-state index in [1.807, 2.05) is 0 Å². The van der Waals surface area contributed by atoms with Gasteiger partial charge in [-0.3, -0.25) is 0 Å². The van der Waals surface area contributed by atoms with Crippen molar-refractivity contribution in [3.63, 3.8) is 0 Å². The Labute approximate surface area is 70.5 Å². The highest BCUT2D eigenvalue weighted by Gasteiger charge is 2.29. The van der Waals surface area contributed by atoms with Crippen molar-refractivity contribution in [2.24, 2.45) is 0 Å². The summed E-state index contributed by atoms with van der Waals surface area (Å²) in [7, 11) is 0. The lowest BCUT2D eigenvalue weighted by atomic mass is 10.1. The fourth-order valence-corrected chi connectivity index (χ4v) is 0.729. The van der Waals surface area contributed by atoms with Crippen LogP contribution in [0.25, 0.3) is 0 Å². The van der Waals surface area contributed by atoms with Gasteiger partial charge in [-0.25, -0.2) is 4.98 Å². The minimum Gasteiger partial charge on any atom is -0.442 e. The largest absolute Gasteiger partial charge is 0.442 e. The van der Waals surface area contributed by atoms with Crippen LogP contribution in [0.1, 0.15) is 24.3 Å². The molecule has 0 radical (unpaired) electrons. The van der Waals surface area contributed by atoms with E-state index in [1.54, 1.807) is 19.9 Å². The Hall–Kier alpha value is -1.34. The zero-order valence-corrected chi connectivity index (χ0v) is 7.25. The van der Waals surface area contributed by atoms with Crippen LogP contribution >= 0.6 is 0 Å². The van der Waals surface area contributed by atoms with Gasteiger partial charge < -0.3 is 9.52 Å². The van der Waals surface area contributed by atoms with E-state index in [0.29, 0.717) is 11.5 Å². The van der Waals surface area contributed by atoms with Crippen LogP contribution in [-0.2, 0) is 5.60 Å². The number of nitriles is 1. The van der Waals surface area contributed by atoms with Gasteiger partial charge in [0.2, 0.25) is 11.5 Å². The Bertz CT molecular complexity index is 314. The smallest absolute Gasteiger partial charge is 0.241 e. The molecule has 0 fully saturated rings. The lowest BCUT2D eigenvalue weighted by molar-refractivity contribution is 0.0859. The maximum absolute atomic E-state index is 9.41.